The third-order valence-corrected chi connectivity index (χ3v) is 8.23. The molecule has 2 saturated heterocycles. The summed E-state index contributed by atoms with van der Waals surface area (Å²) >= 11 is 0. The molecule has 3 unspecified atom stereocenters. The molecule has 176 valence electrons. The maximum Gasteiger partial charge on any atom is 0.246 e. The molecule has 6 nitrogen and oxygen atoms in total. The molecule has 2 aromatic rings. The Morgan fingerprint density at radius 3 is 1.79 bits per heavy atom. The van der Waals surface area contributed by atoms with Crippen LogP contribution in [-0.2, 0) is 19.1 Å². The minimum Gasteiger partial charge on any atom is -0.378 e. The Morgan fingerprint density at radius 1 is 0.882 bits per heavy atom. The van der Waals surface area contributed by atoms with E-state index in [-0.39, 0.29) is 29.6 Å². The SMILES string of the molecule is CCCCC(C(=O)N1CCOCC1)N1C(=O)C2C3c4ccccc4C(c4ccccc43)C2C1=O. The van der Waals surface area contributed by atoms with E-state index < -0.39 is 17.9 Å². The lowest BCUT2D eigenvalue weighted by Gasteiger charge is -2.45. The van der Waals surface area contributed by atoms with Crippen LogP contribution in [0.3, 0.4) is 0 Å². The monoisotopic (exact) mass is 458 g/mol. The molecule has 0 N–H and O–H groups in total. The molecule has 7 rings (SSSR count). The summed E-state index contributed by atoms with van der Waals surface area (Å²) in [6, 6.07) is 15.8. The molecular formula is C28H30N2O4. The zero-order valence-corrected chi connectivity index (χ0v) is 19.5. The lowest BCUT2D eigenvalue weighted by atomic mass is 9.55. The van der Waals surface area contributed by atoms with Gasteiger partial charge in [-0.15, -0.1) is 0 Å². The van der Waals surface area contributed by atoms with E-state index in [4.69, 9.17) is 4.74 Å². The summed E-state index contributed by atoms with van der Waals surface area (Å²) in [5, 5.41) is 0. The number of likely N-dealkylation sites (tertiary alicyclic amines) is 1. The molecule has 2 heterocycles. The number of nitrogens with zero attached hydrogens (tertiary/aromatic N) is 2. The number of benzene rings is 2. The first-order valence-corrected chi connectivity index (χ1v) is 12.5. The second-order valence-electron chi connectivity index (χ2n) is 9.91. The van der Waals surface area contributed by atoms with E-state index in [9.17, 15) is 14.4 Å². The van der Waals surface area contributed by atoms with Crippen molar-refractivity contribution in [3.63, 3.8) is 0 Å². The average molecular weight is 459 g/mol. The van der Waals surface area contributed by atoms with Crippen LogP contribution in [0.5, 0.6) is 0 Å². The van der Waals surface area contributed by atoms with Gasteiger partial charge in [0, 0.05) is 24.9 Å². The highest BCUT2D eigenvalue weighted by Crippen LogP contribution is 2.61. The lowest BCUT2D eigenvalue weighted by molar-refractivity contribution is -0.153. The molecule has 6 heteroatoms. The fraction of sp³-hybridized carbons (Fsp3) is 0.464. The van der Waals surface area contributed by atoms with E-state index in [0.29, 0.717) is 32.7 Å². The van der Waals surface area contributed by atoms with Crippen LogP contribution in [0.1, 0.15) is 60.3 Å². The van der Waals surface area contributed by atoms with Gasteiger partial charge < -0.3 is 9.64 Å². The Balaban J connectivity index is 1.42. The predicted octanol–water partition coefficient (Wildman–Crippen LogP) is 3.30. The number of rotatable bonds is 5. The number of amides is 3. The van der Waals surface area contributed by atoms with Gasteiger partial charge in [-0.05, 0) is 28.7 Å². The summed E-state index contributed by atoms with van der Waals surface area (Å²) in [5.74, 6) is -1.62. The van der Waals surface area contributed by atoms with Crippen LogP contribution in [0.2, 0.25) is 0 Å². The fourth-order valence-electron chi connectivity index (χ4n) is 6.76. The third kappa shape index (κ3) is 3.01. The Bertz CT molecular complexity index is 1040. The van der Waals surface area contributed by atoms with Crippen molar-refractivity contribution in [3.05, 3.63) is 70.8 Å². The molecule has 2 bridgehead atoms. The van der Waals surface area contributed by atoms with Crippen molar-refractivity contribution in [2.75, 3.05) is 26.3 Å². The van der Waals surface area contributed by atoms with Crippen molar-refractivity contribution in [1.82, 2.24) is 9.80 Å². The Hall–Kier alpha value is -2.99. The average Bonchev–Trinajstić information content (AvgIpc) is 3.15. The Kier molecular flexibility index (Phi) is 5.29. The summed E-state index contributed by atoms with van der Waals surface area (Å²) in [6.07, 6.45) is 2.21. The van der Waals surface area contributed by atoms with Crippen molar-refractivity contribution in [2.24, 2.45) is 11.8 Å². The van der Waals surface area contributed by atoms with Crippen molar-refractivity contribution in [3.8, 4) is 0 Å². The van der Waals surface area contributed by atoms with Crippen LogP contribution in [0, 0.1) is 11.8 Å². The van der Waals surface area contributed by atoms with Crippen LogP contribution >= 0.6 is 0 Å². The van der Waals surface area contributed by atoms with Gasteiger partial charge in [0.25, 0.3) is 0 Å². The van der Waals surface area contributed by atoms with Gasteiger partial charge in [0.05, 0.1) is 25.0 Å². The molecule has 5 aliphatic rings. The number of ether oxygens (including phenoxy) is 1. The molecule has 0 radical (unpaired) electrons. The number of unbranched alkanes of at least 4 members (excludes halogenated alkanes) is 1. The van der Waals surface area contributed by atoms with Crippen LogP contribution in [0.25, 0.3) is 0 Å². The molecule has 3 atom stereocenters. The van der Waals surface area contributed by atoms with Crippen LogP contribution in [0.15, 0.2) is 48.5 Å². The predicted molar refractivity (Wildman–Crippen MR) is 126 cm³/mol. The second-order valence-corrected chi connectivity index (χ2v) is 9.91. The lowest BCUT2D eigenvalue weighted by Crippen LogP contribution is -2.53. The summed E-state index contributed by atoms with van der Waals surface area (Å²) in [6.45, 7) is 4.07. The van der Waals surface area contributed by atoms with Crippen molar-refractivity contribution >= 4 is 17.7 Å². The smallest absolute Gasteiger partial charge is 0.246 e. The molecule has 2 fully saturated rings. The maximum atomic E-state index is 14.1. The Morgan fingerprint density at radius 2 is 1.35 bits per heavy atom. The van der Waals surface area contributed by atoms with E-state index in [2.05, 4.69) is 31.2 Å². The number of carbonyl (C=O) groups is 3. The van der Waals surface area contributed by atoms with E-state index in [1.807, 2.05) is 24.3 Å². The zero-order chi connectivity index (χ0) is 23.4. The van der Waals surface area contributed by atoms with Gasteiger partial charge in [-0.25, -0.2) is 0 Å². The first-order chi connectivity index (χ1) is 16.6. The third-order valence-electron chi connectivity index (χ3n) is 8.23. The highest BCUT2D eigenvalue weighted by Gasteiger charge is 2.63. The molecule has 2 aromatic carbocycles. The molecule has 34 heavy (non-hydrogen) atoms. The summed E-state index contributed by atoms with van der Waals surface area (Å²) in [4.78, 5) is 44.9. The summed E-state index contributed by atoms with van der Waals surface area (Å²) in [7, 11) is 0. The van der Waals surface area contributed by atoms with Gasteiger partial charge in [0.1, 0.15) is 6.04 Å². The van der Waals surface area contributed by atoms with E-state index in [1.165, 1.54) is 4.90 Å². The molecule has 0 saturated carbocycles. The minimum absolute atomic E-state index is 0.112. The first kappa shape index (κ1) is 21.5. The first-order valence-electron chi connectivity index (χ1n) is 12.5. The van der Waals surface area contributed by atoms with Gasteiger partial charge in [0.15, 0.2) is 0 Å². The van der Waals surface area contributed by atoms with Crippen LogP contribution in [-0.4, -0.2) is 59.9 Å². The van der Waals surface area contributed by atoms with Crippen molar-refractivity contribution in [1.29, 1.82) is 0 Å². The Labute approximate surface area is 199 Å². The van der Waals surface area contributed by atoms with E-state index >= 15 is 0 Å². The number of hydrogen-bond acceptors (Lipinski definition) is 4. The molecule has 0 spiro atoms. The topological polar surface area (TPSA) is 66.9 Å². The van der Waals surface area contributed by atoms with Crippen LogP contribution in [0.4, 0.5) is 0 Å². The number of morpholine rings is 1. The highest BCUT2D eigenvalue weighted by atomic mass is 16.5. The normalized spacial score (nSPS) is 27.9. The van der Waals surface area contributed by atoms with Gasteiger partial charge >= 0.3 is 0 Å². The molecule has 2 aliphatic heterocycles. The van der Waals surface area contributed by atoms with Gasteiger partial charge in [0.2, 0.25) is 17.7 Å². The molecule has 3 amide bonds. The highest BCUT2D eigenvalue weighted by molar-refractivity contribution is 6.10. The van der Waals surface area contributed by atoms with E-state index in [0.717, 1.165) is 35.1 Å². The number of imide groups is 1. The molecular weight excluding hydrogens is 428 g/mol. The van der Waals surface area contributed by atoms with Gasteiger partial charge in [-0.1, -0.05) is 68.3 Å². The molecule has 3 aliphatic carbocycles. The zero-order valence-electron chi connectivity index (χ0n) is 19.5. The number of carbonyl (C=O) groups excluding carboxylic acids is 3. The largest absolute Gasteiger partial charge is 0.378 e. The number of hydrogen-bond donors (Lipinski definition) is 0. The van der Waals surface area contributed by atoms with Gasteiger partial charge in [-0.3, -0.25) is 19.3 Å². The van der Waals surface area contributed by atoms with Gasteiger partial charge in [-0.2, -0.15) is 0 Å². The van der Waals surface area contributed by atoms with Crippen LogP contribution < -0.4 is 0 Å². The standard InChI is InChI=1S/C28H30N2O4/c1-2-3-12-21(26(31)29-13-15-34-16-14-29)30-27(32)24-22-17-8-4-5-9-18(17)23(25(24)28(30)33)20-11-7-6-10-19(20)22/h4-11,21-25H,2-3,12-16H2,1H3. The molecule has 0 aromatic heterocycles. The summed E-state index contributed by atoms with van der Waals surface area (Å²) in [5.41, 5.74) is 4.61. The van der Waals surface area contributed by atoms with E-state index in [1.54, 1.807) is 4.90 Å². The minimum atomic E-state index is -0.728. The summed E-state index contributed by atoms with van der Waals surface area (Å²) < 4.78 is 5.42. The maximum absolute atomic E-state index is 14.1. The van der Waals surface area contributed by atoms with Crippen molar-refractivity contribution < 1.29 is 19.1 Å². The fourth-order valence-corrected chi connectivity index (χ4v) is 6.76. The quantitative estimate of drug-likeness (QED) is 0.645. The second kappa shape index (κ2) is 8.35. The van der Waals surface area contributed by atoms with Crippen molar-refractivity contribution in [2.45, 2.75) is 44.1 Å².